The van der Waals surface area contributed by atoms with Crippen LogP contribution in [-0.4, -0.2) is 29.4 Å². The summed E-state index contributed by atoms with van der Waals surface area (Å²) in [5, 5.41) is 3.93. The summed E-state index contributed by atoms with van der Waals surface area (Å²) >= 11 is 0. The monoisotopic (exact) mass is 239 g/mol. The molecule has 0 aromatic carbocycles. The van der Waals surface area contributed by atoms with Gasteiger partial charge in [0.15, 0.2) is 5.82 Å². The van der Waals surface area contributed by atoms with Gasteiger partial charge in [0.25, 0.3) is 0 Å². The lowest BCUT2D eigenvalue weighted by Crippen LogP contribution is -2.19. The van der Waals surface area contributed by atoms with E-state index in [0.29, 0.717) is 12.6 Å². The predicted octanol–water partition coefficient (Wildman–Crippen LogP) is 1.46. The molecule has 0 aliphatic carbocycles. The van der Waals surface area contributed by atoms with Crippen LogP contribution >= 0.6 is 0 Å². The summed E-state index contributed by atoms with van der Waals surface area (Å²) in [5.74, 6) is 1.50. The fourth-order valence-corrected chi connectivity index (χ4v) is 2.07. The van der Waals surface area contributed by atoms with Crippen molar-refractivity contribution in [2.75, 3.05) is 13.2 Å². The smallest absolute Gasteiger partial charge is 0.226 e. The van der Waals surface area contributed by atoms with Gasteiger partial charge in [-0.2, -0.15) is 4.98 Å². The van der Waals surface area contributed by atoms with Crippen LogP contribution in [0.25, 0.3) is 0 Å². The van der Waals surface area contributed by atoms with Crippen molar-refractivity contribution in [2.45, 2.75) is 51.0 Å². The Balaban J connectivity index is 1.72. The molecule has 0 saturated carbocycles. The molecule has 0 spiro atoms. The van der Waals surface area contributed by atoms with E-state index < -0.39 is 0 Å². The van der Waals surface area contributed by atoms with E-state index in [4.69, 9.17) is 15.0 Å². The van der Waals surface area contributed by atoms with Crippen molar-refractivity contribution in [2.24, 2.45) is 5.73 Å². The largest absolute Gasteiger partial charge is 0.378 e. The molecule has 0 bridgehead atoms. The summed E-state index contributed by atoms with van der Waals surface area (Å²) in [6.07, 6.45) is 7.52. The zero-order valence-electron chi connectivity index (χ0n) is 10.2. The number of hydrogen-bond acceptors (Lipinski definition) is 5. The van der Waals surface area contributed by atoms with Gasteiger partial charge in [-0.15, -0.1) is 0 Å². The molecule has 5 nitrogen and oxygen atoms in total. The third-order valence-electron chi connectivity index (χ3n) is 3.07. The Hall–Kier alpha value is -0.940. The summed E-state index contributed by atoms with van der Waals surface area (Å²) in [4.78, 5) is 4.34. The molecule has 2 heterocycles. The zero-order valence-corrected chi connectivity index (χ0v) is 10.2. The standard InChI is InChI=1S/C12H21N3O2/c13-8-3-5-11-14-12(17-15-11)7-6-10-4-1-2-9-16-10/h10H,1-9,13H2. The van der Waals surface area contributed by atoms with Gasteiger partial charge < -0.3 is 15.0 Å². The number of nitrogens with two attached hydrogens (primary N) is 1. The Morgan fingerprint density at radius 2 is 2.24 bits per heavy atom. The zero-order chi connectivity index (χ0) is 11.9. The lowest BCUT2D eigenvalue weighted by Gasteiger charge is -2.21. The molecule has 2 rings (SSSR count). The van der Waals surface area contributed by atoms with Crippen molar-refractivity contribution in [3.63, 3.8) is 0 Å². The maximum absolute atomic E-state index is 5.66. The highest BCUT2D eigenvalue weighted by Crippen LogP contribution is 2.17. The minimum atomic E-state index is 0.378. The summed E-state index contributed by atoms with van der Waals surface area (Å²) in [6.45, 7) is 1.57. The molecule has 5 heteroatoms. The van der Waals surface area contributed by atoms with Crippen molar-refractivity contribution >= 4 is 0 Å². The number of ether oxygens (including phenoxy) is 1. The summed E-state index contributed by atoms with van der Waals surface area (Å²) in [7, 11) is 0. The van der Waals surface area contributed by atoms with E-state index in [0.717, 1.165) is 50.4 Å². The van der Waals surface area contributed by atoms with Gasteiger partial charge >= 0.3 is 0 Å². The van der Waals surface area contributed by atoms with E-state index in [2.05, 4.69) is 10.1 Å². The highest BCUT2D eigenvalue weighted by Gasteiger charge is 2.15. The Morgan fingerprint density at radius 1 is 1.29 bits per heavy atom. The molecule has 17 heavy (non-hydrogen) atoms. The second-order valence-electron chi connectivity index (χ2n) is 4.52. The van der Waals surface area contributed by atoms with Crippen molar-refractivity contribution in [1.29, 1.82) is 0 Å². The molecule has 0 radical (unpaired) electrons. The second-order valence-corrected chi connectivity index (χ2v) is 4.52. The molecule has 1 atom stereocenters. The number of rotatable bonds is 6. The van der Waals surface area contributed by atoms with Gasteiger partial charge in [0.05, 0.1) is 6.10 Å². The van der Waals surface area contributed by atoms with Crippen LogP contribution in [0.15, 0.2) is 4.52 Å². The van der Waals surface area contributed by atoms with Crippen LogP contribution in [0.5, 0.6) is 0 Å². The lowest BCUT2D eigenvalue weighted by atomic mass is 10.0. The molecule has 1 aromatic rings. The molecule has 1 saturated heterocycles. The van der Waals surface area contributed by atoms with Crippen LogP contribution in [-0.2, 0) is 17.6 Å². The molecule has 1 aliphatic rings. The molecule has 1 fully saturated rings. The van der Waals surface area contributed by atoms with Gasteiger partial charge in [0, 0.05) is 19.4 Å². The van der Waals surface area contributed by atoms with E-state index >= 15 is 0 Å². The average Bonchev–Trinajstić information content (AvgIpc) is 2.83. The molecular weight excluding hydrogens is 218 g/mol. The second kappa shape index (κ2) is 6.71. The van der Waals surface area contributed by atoms with Crippen LogP contribution in [0.1, 0.15) is 43.8 Å². The molecule has 1 aromatic heterocycles. The minimum absolute atomic E-state index is 0.378. The van der Waals surface area contributed by atoms with Gasteiger partial charge in [-0.1, -0.05) is 5.16 Å². The van der Waals surface area contributed by atoms with Crippen LogP contribution in [0.3, 0.4) is 0 Å². The van der Waals surface area contributed by atoms with Gasteiger partial charge in [-0.25, -0.2) is 0 Å². The van der Waals surface area contributed by atoms with Gasteiger partial charge in [-0.05, 0) is 38.6 Å². The quantitative estimate of drug-likeness (QED) is 0.813. The predicted molar refractivity (Wildman–Crippen MR) is 63.6 cm³/mol. The fourth-order valence-electron chi connectivity index (χ4n) is 2.07. The molecule has 1 aliphatic heterocycles. The fraction of sp³-hybridized carbons (Fsp3) is 0.833. The number of nitrogens with zero attached hydrogens (tertiary/aromatic N) is 2. The Bertz CT molecular complexity index is 321. The molecule has 1 unspecified atom stereocenters. The average molecular weight is 239 g/mol. The molecule has 96 valence electrons. The van der Waals surface area contributed by atoms with Crippen molar-refractivity contribution in [3.8, 4) is 0 Å². The minimum Gasteiger partial charge on any atom is -0.378 e. The first-order chi connectivity index (χ1) is 8.38. The first-order valence-corrected chi connectivity index (χ1v) is 6.51. The molecule has 0 amide bonds. The first kappa shape index (κ1) is 12.5. The van der Waals surface area contributed by atoms with E-state index in [-0.39, 0.29) is 0 Å². The third kappa shape index (κ3) is 4.09. The molecular formula is C12H21N3O2. The topological polar surface area (TPSA) is 74.2 Å². The van der Waals surface area contributed by atoms with E-state index in [1.165, 1.54) is 12.8 Å². The maximum Gasteiger partial charge on any atom is 0.226 e. The van der Waals surface area contributed by atoms with Crippen molar-refractivity contribution in [1.82, 2.24) is 10.1 Å². The van der Waals surface area contributed by atoms with E-state index in [1.54, 1.807) is 0 Å². The van der Waals surface area contributed by atoms with Crippen molar-refractivity contribution in [3.05, 3.63) is 11.7 Å². The lowest BCUT2D eigenvalue weighted by molar-refractivity contribution is 0.0104. The Morgan fingerprint density at radius 3 is 3.00 bits per heavy atom. The van der Waals surface area contributed by atoms with Crippen LogP contribution in [0, 0.1) is 0 Å². The molecule has 2 N–H and O–H groups in total. The SMILES string of the molecule is NCCCc1noc(CCC2CCCCO2)n1. The highest BCUT2D eigenvalue weighted by molar-refractivity contribution is 4.87. The highest BCUT2D eigenvalue weighted by atomic mass is 16.5. The summed E-state index contributed by atoms with van der Waals surface area (Å²) in [5.41, 5.74) is 5.44. The normalized spacial score (nSPS) is 20.6. The number of aromatic nitrogens is 2. The Labute approximate surface area is 102 Å². The number of hydrogen-bond donors (Lipinski definition) is 1. The van der Waals surface area contributed by atoms with E-state index in [9.17, 15) is 0 Å². The van der Waals surface area contributed by atoms with Crippen LogP contribution < -0.4 is 5.73 Å². The van der Waals surface area contributed by atoms with Gasteiger partial charge in [0.2, 0.25) is 5.89 Å². The Kier molecular flexibility index (Phi) is 4.94. The summed E-state index contributed by atoms with van der Waals surface area (Å²) < 4.78 is 10.9. The van der Waals surface area contributed by atoms with Crippen LogP contribution in [0.2, 0.25) is 0 Å². The maximum atomic E-state index is 5.66. The number of aryl methyl sites for hydroxylation is 2. The van der Waals surface area contributed by atoms with Crippen molar-refractivity contribution < 1.29 is 9.26 Å². The van der Waals surface area contributed by atoms with Crippen LogP contribution in [0.4, 0.5) is 0 Å². The van der Waals surface area contributed by atoms with Gasteiger partial charge in [0.1, 0.15) is 0 Å². The first-order valence-electron chi connectivity index (χ1n) is 6.51. The summed E-state index contributed by atoms with van der Waals surface area (Å²) in [6, 6.07) is 0. The third-order valence-corrected chi connectivity index (χ3v) is 3.07. The van der Waals surface area contributed by atoms with Gasteiger partial charge in [-0.3, -0.25) is 0 Å². The van der Waals surface area contributed by atoms with E-state index in [1.807, 2.05) is 0 Å².